The Labute approximate surface area is 109 Å². The Hall–Kier alpha value is -2.08. The standard InChI is InChI=1S/C11H12ClN5O/c1-2-7-4-9(17-16-7)15-11(18)8-3-6(13)5-14-10(8)12/h3-5H,2,13H2,1H3,(H2,15,16,17,18). The molecule has 0 aliphatic rings. The number of carbonyl (C=O) groups excluding carboxylic acids is 1. The van der Waals surface area contributed by atoms with Gasteiger partial charge < -0.3 is 11.1 Å². The van der Waals surface area contributed by atoms with E-state index in [1.807, 2.05) is 6.92 Å². The summed E-state index contributed by atoms with van der Waals surface area (Å²) < 4.78 is 0. The summed E-state index contributed by atoms with van der Waals surface area (Å²) in [7, 11) is 0. The van der Waals surface area contributed by atoms with E-state index in [-0.39, 0.29) is 10.7 Å². The third kappa shape index (κ3) is 2.60. The minimum Gasteiger partial charge on any atom is -0.397 e. The third-order valence-corrected chi connectivity index (χ3v) is 2.66. The van der Waals surface area contributed by atoms with Crippen LogP contribution in [0.3, 0.4) is 0 Å². The van der Waals surface area contributed by atoms with Gasteiger partial charge in [-0.1, -0.05) is 18.5 Å². The number of anilines is 2. The first-order valence-corrected chi connectivity index (χ1v) is 5.74. The third-order valence-electron chi connectivity index (χ3n) is 2.36. The van der Waals surface area contributed by atoms with Gasteiger partial charge >= 0.3 is 0 Å². The Bertz CT molecular complexity index is 581. The van der Waals surface area contributed by atoms with E-state index >= 15 is 0 Å². The maximum atomic E-state index is 11.9. The number of nitrogens with one attached hydrogen (secondary N) is 2. The molecule has 0 unspecified atom stereocenters. The molecule has 0 spiro atoms. The fourth-order valence-corrected chi connectivity index (χ4v) is 1.60. The summed E-state index contributed by atoms with van der Waals surface area (Å²) in [5.41, 5.74) is 7.09. The van der Waals surface area contributed by atoms with E-state index in [0.29, 0.717) is 11.5 Å². The number of hydrogen-bond acceptors (Lipinski definition) is 4. The van der Waals surface area contributed by atoms with Gasteiger partial charge in [0, 0.05) is 11.8 Å². The molecule has 94 valence electrons. The molecular formula is C11H12ClN5O. The summed E-state index contributed by atoms with van der Waals surface area (Å²) >= 11 is 5.83. The highest BCUT2D eigenvalue weighted by Gasteiger charge is 2.13. The summed E-state index contributed by atoms with van der Waals surface area (Å²) in [6.07, 6.45) is 2.20. The van der Waals surface area contributed by atoms with Gasteiger partial charge in [-0.05, 0) is 12.5 Å². The minimum atomic E-state index is -0.394. The number of nitrogens with zero attached hydrogens (tertiary/aromatic N) is 2. The van der Waals surface area contributed by atoms with E-state index in [4.69, 9.17) is 17.3 Å². The maximum absolute atomic E-state index is 11.9. The van der Waals surface area contributed by atoms with Crippen molar-refractivity contribution in [3.8, 4) is 0 Å². The fourth-order valence-electron chi connectivity index (χ4n) is 1.41. The SMILES string of the molecule is CCc1cc(NC(=O)c2cc(N)cnc2Cl)n[nH]1. The average molecular weight is 266 g/mol. The maximum Gasteiger partial charge on any atom is 0.260 e. The van der Waals surface area contributed by atoms with Gasteiger partial charge in [0.15, 0.2) is 5.82 Å². The number of carbonyl (C=O) groups is 1. The molecule has 0 bridgehead atoms. The second kappa shape index (κ2) is 5.05. The Morgan fingerprint density at radius 1 is 1.56 bits per heavy atom. The lowest BCUT2D eigenvalue weighted by Gasteiger charge is -2.04. The topological polar surface area (TPSA) is 96.7 Å². The van der Waals surface area contributed by atoms with Gasteiger partial charge in [0.05, 0.1) is 17.4 Å². The number of aryl methyl sites for hydroxylation is 1. The van der Waals surface area contributed by atoms with Crippen molar-refractivity contribution in [2.24, 2.45) is 0 Å². The van der Waals surface area contributed by atoms with Crippen LogP contribution in [0.15, 0.2) is 18.3 Å². The Morgan fingerprint density at radius 2 is 2.33 bits per heavy atom. The van der Waals surface area contributed by atoms with Gasteiger partial charge in [-0.25, -0.2) is 4.98 Å². The molecular weight excluding hydrogens is 254 g/mol. The van der Waals surface area contributed by atoms with Crippen molar-refractivity contribution in [2.45, 2.75) is 13.3 Å². The van der Waals surface area contributed by atoms with Crippen LogP contribution in [0.2, 0.25) is 5.15 Å². The Kier molecular flexibility index (Phi) is 3.47. The second-order valence-electron chi connectivity index (χ2n) is 3.69. The smallest absolute Gasteiger partial charge is 0.260 e. The van der Waals surface area contributed by atoms with Crippen molar-refractivity contribution in [2.75, 3.05) is 11.1 Å². The molecule has 4 N–H and O–H groups in total. The predicted octanol–water partition coefficient (Wildman–Crippen LogP) is 1.85. The number of aromatic nitrogens is 3. The highest BCUT2D eigenvalue weighted by molar-refractivity contribution is 6.33. The van der Waals surface area contributed by atoms with Crippen LogP contribution in [0.5, 0.6) is 0 Å². The number of nitrogens with two attached hydrogens (primary N) is 1. The Balaban J connectivity index is 2.19. The molecule has 0 fully saturated rings. The number of rotatable bonds is 3. The largest absolute Gasteiger partial charge is 0.397 e. The minimum absolute atomic E-state index is 0.105. The molecule has 0 saturated heterocycles. The molecule has 2 aromatic heterocycles. The van der Waals surface area contributed by atoms with Crippen LogP contribution in [0, 0.1) is 0 Å². The van der Waals surface area contributed by atoms with E-state index in [1.165, 1.54) is 12.3 Å². The van der Waals surface area contributed by atoms with E-state index in [2.05, 4.69) is 20.5 Å². The van der Waals surface area contributed by atoms with Gasteiger partial charge in [-0.15, -0.1) is 0 Å². The van der Waals surface area contributed by atoms with E-state index in [0.717, 1.165) is 12.1 Å². The van der Waals surface area contributed by atoms with E-state index in [1.54, 1.807) is 6.07 Å². The molecule has 0 aromatic carbocycles. The summed E-state index contributed by atoms with van der Waals surface area (Å²) in [4.78, 5) is 15.8. The van der Waals surface area contributed by atoms with Gasteiger partial charge in [0.2, 0.25) is 0 Å². The number of hydrogen-bond donors (Lipinski definition) is 3. The number of aromatic amines is 1. The van der Waals surface area contributed by atoms with Gasteiger partial charge in [-0.2, -0.15) is 5.10 Å². The first kappa shape index (κ1) is 12.4. The zero-order valence-corrected chi connectivity index (χ0v) is 10.5. The number of amides is 1. The summed E-state index contributed by atoms with van der Waals surface area (Å²) in [5.74, 6) is 0.0456. The Morgan fingerprint density at radius 3 is 3.00 bits per heavy atom. The molecule has 18 heavy (non-hydrogen) atoms. The molecule has 1 amide bonds. The van der Waals surface area contributed by atoms with Crippen molar-refractivity contribution in [1.29, 1.82) is 0 Å². The van der Waals surface area contributed by atoms with Crippen molar-refractivity contribution >= 4 is 29.0 Å². The molecule has 7 heteroatoms. The summed E-state index contributed by atoms with van der Waals surface area (Å²) in [6, 6.07) is 3.23. The summed E-state index contributed by atoms with van der Waals surface area (Å²) in [6.45, 7) is 1.98. The average Bonchev–Trinajstić information content (AvgIpc) is 2.80. The molecule has 0 saturated carbocycles. The quantitative estimate of drug-likeness (QED) is 0.738. The van der Waals surface area contributed by atoms with Gasteiger partial charge in [0.25, 0.3) is 5.91 Å². The van der Waals surface area contributed by atoms with Gasteiger partial charge in [-0.3, -0.25) is 9.89 Å². The normalized spacial score (nSPS) is 10.3. The monoisotopic (exact) mass is 265 g/mol. The van der Waals surface area contributed by atoms with Crippen LogP contribution >= 0.6 is 11.6 Å². The number of nitrogen functional groups attached to an aromatic ring is 1. The van der Waals surface area contributed by atoms with Crippen LogP contribution < -0.4 is 11.1 Å². The molecule has 0 aliphatic heterocycles. The van der Waals surface area contributed by atoms with E-state index < -0.39 is 5.91 Å². The lowest BCUT2D eigenvalue weighted by Crippen LogP contribution is -2.13. The lowest BCUT2D eigenvalue weighted by atomic mass is 10.2. The van der Waals surface area contributed by atoms with Crippen LogP contribution in [-0.4, -0.2) is 21.1 Å². The molecule has 0 aliphatic carbocycles. The molecule has 2 aromatic rings. The lowest BCUT2D eigenvalue weighted by molar-refractivity contribution is 0.102. The second-order valence-corrected chi connectivity index (χ2v) is 4.05. The van der Waals surface area contributed by atoms with E-state index in [9.17, 15) is 4.79 Å². The number of pyridine rings is 1. The summed E-state index contributed by atoms with van der Waals surface area (Å²) in [5, 5.41) is 9.48. The van der Waals surface area contributed by atoms with Crippen molar-refractivity contribution < 1.29 is 4.79 Å². The number of H-pyrrole nitrogens is 1. The molecule has 0 atom stereocenters. The molecule has 0 radical (unpaired) electrons. The van der Waals surface area contributed by atoms with Gasteiger partial charge in [0.1, 0.15) is 5.15 Å². The zero-order chi connectivity index (χ0) is 13.1. The highest BCUT2D eigenvalue weighted by atomic mass is 35.5. The van der Waals surface area contributed by atoms with Crippen LogP contribution in [0.25, 0.3) is 0 Å². The van der Waals surface area contributed by atoms with Crippen molar-refractivity contribution in [3.05, 3.63) is 34.7 Å². The van der Waals surface area contributed by atoms with Crippen molar-refractivity contribution in [1.82, 2.24) is 15.2 Å². The molecule has 2 rings (SSSR count). The first-order valence-electron chi connectivity index (χ1n) is 5.36. The van der Waals surface area contributed by atoms with Crippen LogP contribution in [-0.2, 0) is 6.42 Å². The number of halogens is 1. The van der Waals surface area contributed by atoms with Crippen LogP contribution in [0.4, 0.5) is 11.5 Å². The molecule has 2 heterocycles. The van der Waals surface area contributed by atoms with Crippen molar-refractivity contribution in [3.63, 3.8) is 0 Å². The fraction of sp³-hybridized carbons (Fsp3) is 0.182. The first-order chi connectivity index (χ1) is 8.60. The highest BCUT2D eigenvalue weighted by Crippen LogP contribution is 2.17. The molecule has 6 nitrogen and oxygen atoms in total. The van der Waals surface area contributed by atoms with Crippen LogP contribution in [0.1, 0.15) is 23.0 Å². The predicted molar refractivity (Wildman–Crippen MR) is 69.6 cm³/mol. The zero-order valence-electron chi connectivity index (χ0n) is 9.70.